The fraction of sp³-hybridized carbons (Fsp3) is 0.562. The highest BCUT2D eigenvalue weighted by atomic mass is 35.5. The number of piperidine rings is 1. The summed E-state index contributed by atoms with van der Waals surface area (Å²) < 4.78 is 0. The van der Waals surface area contributed by atoms with Gasteiger partial charge in [-0.05, 0) is 31.4 Å². The second-order valence-electron chi connectivity index (χ2n) is 5.26. The Morgan fingerprint density at radius 2 is 2.10 bits per heavy atom. The van der Waals surface area contributed by atoms with Gasteiger partial charge < -0.3 is 10.6 Å². The minimum Gasteiger partial charge on any atom is -0.354 e. The molecule has 1 aliphatic heterocycles. The van der Waals surface area contributed by atoms with E-state index in [1.54, 1.807) is 0 Å². The van der Waals surface area contributed by atoms with Gasteiger partial charge in [0.25, 0.3) is 0 Å². The smallest absolute Gasteiger partial charge is 0.237 e. The predicted molar refractivity (Wildman–Crippen MR) is 85.4 cm³/mol. The lowest BCUT2D eigenvalue weighted by atomic mass is 9.96. The van der Waals surface area contributed by atoms with Crippen LogP contribution in [0.25, 0.3) is 0 Å². The topological polar surface area (TPSA) is 41.1 Å². The quantitative estimate of drug-likeness (QED) is 0.877. The maximum Gasteiger partial charge on any atom is 0.237 e. The molecule has 2 unspecified atom stereocenters. The molecule has 0 aliphatic carbocycles. The monoisotopic (exact) mass is 296 g/mol. The Kier molecular flexibility index (Phi) is 7.63. The summed E-state index contributed by atoms with van der Waals surface area (Å²) in [6.07, 6.45) is 4.35. The summed E-state index contributed by atoms with van der Waals surface area (Å²) >= 11 is 0. The van der Waals surface area contributed by atoms with Crippen LogP contribution in [0.3, 0.4) is 0 Å². The average molecular weight is 297 g/mol. The molecule has 1 amide bonds. The zero-order valence-corrected chi connectivity index (χ0v) is 12.9. The van der Waals surface area contributed by atoms with Crippen molar-refractivity contribution in [3.8, 4) is 0 Å². The van der Waals surface area contributed by atoms with Crippen molar-refractivity contribution < 1.29 is 4.79 Å². The van der Waals surface area contributed by atoms with Gasteiger partial charge in [0.2, 0.25) is 5.91 Å². The summed E-state index contributed by atoms with van der Waals surface area (Å²) in [4.78, 5) is 12.1. The zero-order valence-electron chi connectivity index (χ0n) is 12.1. The third-order valence-electron chi connectivity index (χ3n) is 3.91. The SMILES string of the molecule is CCC(CNC(=O)C1CCCCN1)c1ccccc1.Cl. The van der Waals surface area contributed by atoms with Crippen molar-refractivity contribution in [3.63, 3.8) is 0 Å². The first-order valence-corrected chi connectivity index (χ1v) is 7.37. The van der Waals surface area contributed by atoms with Crippen LogP contribution < -0.4 is 10.6 Å². The van der Waals surface area contributed by atoms with Gasteiger partial charge in [0, 0.05) is 12.5 Å². The van der Waals surface area contributed by atoms with Gasteiger partial charge in [0.1, 0.15) is 0 Å². The molecule has 2 N–H and O–H groups in total. The van der Waals surface area contributed by atoms with Crippen LogP contribution in [0.5, 0.6) is 0 Å². The molecule has 0 saturated carbocycles. The van der Waals surface area contributed by atoms with Gasteiger partial charge in [-0.2, -0.15) is 0 Å². The summed E-state index contributed by atoms with van der Waals surface area (Å²) in [5.74, 6) is 0.572. The zero-order chi connectivity index (χ0) is 13.5. The highest BCUT2D eigenvalue weighted by molar-refractivity contribution is 5.85. The van der Waals surface area contributed by atoms with Crippen molar-refractivity contribution in [1.29, 1.82) is 0 Å². The molecule has 112 valence electrons. The van der Waals surface area contributed by atoms with Crippen LogP contribution in [0.1, 0.15) is 44.1 Å². The van der Waals surface area contributed by atoms with Gasteiger partial charge in [0.05, 0.1) is 6.04 Å². The Hall–Kier alpha value is -1.06. The normalized spacial score (nSPS) is 19.8. The van der Waals surface area contributed by atoms with Crippen molar-refractivity contribution in [2.45, 2.75) is 44.6 Å². The van der Waals surface area contributed by atoms with E-state index < -0.39 is 0 Å². The molecular weight excluding hydrogens is 272 g/mol. The first kappa shape index (κ1) is 17.0. The standard InChI is InChI=1S/C16H24N2O.ClH/c1-2-13(14-8-4-3-5-9-14)12-18-16(19)15-10-6-7-11-17-15;/h3-5,8-9,13,15,17H,2,6-7,10-12H2,1H3,(H,18,19);1H. The first-order chi connectivity index (χ1) is 9.31. The molecular formula is C16H25ClN2O. The molecule has 0 bridgehead atoms. The minimum atomic E-state index is 0. The summed E-state index contributed by atoms with van der Waals surface area (Å²) in [6, 6.07) is 10.4. The molecule has 1 aromatic carbocycles. The molecule has 3 nitrogen and oxygen atoms in total. The molecule has 1 aliphatic rings. The van der Waals surface area contributed by atoms with Crippen LogP contribution >= 0.6 is 12.4 Å². The second-order valence-corrected chi connectivity index (χ2v) is 5.26. The number of carbonyl (C=O) groups excluding carboxylic acids is 1. The van der Waals surface area contributed by atoms with Crippen molar-refractivity contribution >= 4 is 18.3 Å². The van der Waals surface area contributed by atoms with Crippen molar-refractivity contribution in [1.82, 2.24) is 10.6 Å². The molecule has 2 atom stereocenters. The number of benzene rings is 1. The fourth-order valence-corrected chi connectivity index (χ4v) is 2.65. The van der Waals surface area contributed by atoms with Gasteiger partial charge in [-0.15, -0.1) is 12.4 Å². The number of nitrogens with one attached hydrogen (secondary N) is 2. The van der Waals surface area contributed by atoms with Crippen molar-refractivity contribution in [2.75, 3.05) is 13.1 Å². The maximum absolute atomic E-state index is 12.1. The van der Waals surface area contributed by atoms with E-state index in [1.807, 2.05) is 6.07 Å². The molecule has 0 aromatic heterocycles. The van der Waals surface area contributed by atoms with Gasteiger partial charge in [-0.25, -0.2) is 0 Å². The van der Waals surface area contributed by atoms with Crippen LogP contribution in [0.4, 0.5) is 0 Å². The lowest BCUT2D eigenvalue weighted by Gasteiger charge is -2.24. The molecule has 4 heteroatoms. The predicted octanol–water partition coefficient (Wildman–Crippen LogP) is 2.86. The third-order valence-corrected chi connectivity index (χ3v) is 3.91. The first-order valence-electron chi connectivity index (χ1n) is 7.37. The molecule has 1 aromatic rings. The van der Waals surface area contributed by atoms with Crippen molar-refractivity contribution in [2.24, 2.45) is 0 Å². The molecule has 1 saturated heterocycles. The number of halogens is 1. The van der Waals surface area contributed by atoms with Crippen LogP contribution in [0.15, 0.2) is 30.3 Å². The van der Waals surface area contributed by atoms with Crippen LogP contribution in [0, 0.1) is 0 Å². The highest BCUT2D eigenvalue weighted by Crippen LogP contribution is 2.18. The summed E-state index contributed by atoms with van der Waals surface area (Å²) in [7, 11) is 0. The Morgan fingerprint density at radius 1 is 1.35 bits per heavy atom. The van der Waals surface area contributed by atoms with Crippen LogP contribution in [-0.4, -0.2) is 25.0 Å². The Morgan fingerprint density at radius 3 is 2.70 bits per heavy atom. The van der Waals surface area contributed by atoms with Gasteiger partial charge in [-0.1, -0.05) is 43.7 Å². The van der Waals surface area contributed by atoms with E-state index in [4.69, 9.17) is 0 Å². The minimum absolute atomic E-state index is 0. The summed E-state index contributed by atoms with van der Waals surface area (Å²) in [6.45, 7) is 3.87. The van der Waals surface area contributed by atoms with E-state index in [-0.39, 0.29) is 24.4 Å². The molecule has 1 heterocycles. The van der Waals surface area contributed by atoms with Gasteiger partial charge >= 0.3 is 0 Å². The number of amides is 1. The third kappa shape index (κ3) is 4.80. The van der Waals surface area contributed by atoms with E-state index in [0.717, 1.165) is 32.4 Å². The Labute approximate surface area is 127 Å². The fourth-order valence-electron chi connectivity index (χ4n) is 2.65. The number of hydrogen-bond acceptors (Lipinski definition) is 2. The van der Waals surface area contributed by atoms with Gasteiger partial charge in [-0.3, -0.25) is 4.79 Å². The summed E-state index contributed by atoms with van der Waals surface area (Å²) in [5.41, 5.74) is 1.31. The molecule has 1 fully saturated rings. The Balaban J connectivity index is 0.00000200. The number of carbonyl (C=O) groups is 1. The lowest BCUT2D eigenvalue weighted by Crippen LogP contribution is -2.47. The molecule has 20 heavy (non-hydrogen) atoms. The summed E-state index contributed by atoms with van der Waals surface area (Å²) in [5, 5.41) is 6.39. The average Bonchev–Trinajstić information content (AvgIpc) is 2.49. The maximum atomic E-state index is 12.1. The molecule has 0 spiro atoms. The van der Waals surface area contributed by atoms with E-state index in [0.29, 0.717) is 5.92 Å². The molecule has 0 radical (unpaired) electrons. The van der Waals surface area contributed by atoms with Crippen LogP contribution in [0.2, 0.25) is 0 Å². The number of rotatable bonds is 5. The van der Waals surface area contributed by atoms with Gasteiger partial charge in [0.15, 0.2) is 0 Å². The van der Waals surface area contributed by atoms with E-state index in [1.165, 1.54) is 12.0 Å². The van der Waals surface area contributed by atoms with Crippen molar-refractivity contribution in [3.05, 3.63) is 35.9 Å². The van der Waals surface area contributed by atoms with E-state index in [2.05, 4.69) is 41.8 Å². The van der Waals surface area contributed by atoms with E-state index >= 15 is 0 Å². The molecule has 2 rings (SSSR count). The van der Waals surface area contributed by atoms with E-state index in [9.17, 15) is 4.79 Å². The Bertz CT molecular complexity index is 391. The largest absolute Gasteiger partial charge is 0.354 e. The lowest BCUT2D eigenvalue weighted by molar-refractivity contribution is -0.123. The second kappa shape index (κ2) is 8.98. The van der Waals surface area contributed by atoms with Crippen LogP contribution in [-0.2, 0) is 4.79 Å². The number of hydrogen-bond donors (Lipinski definition) is 2. The highest BCUT2D eigenvalue weighted by Gasteiger charge is 2.21.